The van der Waals surface area contributed by atoms with Crippen molar-refractivity contribution in [2.24, 2.45) is 0 Å². The lowest BCUT2D eigenvalue weighted by Gasteiger charge is -2.34. The van der Waals surface area contributed by atoms with Crippen molar-refractivity contribution in [3.63, 3.8) is 0 Å². The highest BCUT2D eigenvalue weighted by atomic mass is 16.5. The van der Waals surface area contributed by atoms with Gasteiger partial charge in [0, 0.05) is 12.1 Å². The molecule has 1 heterocycles. The van der Waals surface area contributed by atoms with Gasteiger partial charge in [0.2, 0.25) is 0 Å². The molecule has 1 N–H and O–H groups in total. The Morgan fingerprint density at radius 3 is 3.00 bits per heavy atom. The number of hydrogen-bond acceptors (Lipinski definition) is 3. The van der Waals surface area contributed by atoms with Crippen molar-refractivity contribution in [1.82, 2.24) is 4.90 Å². The van der Waals surface area contributed by atoms with Crippen LogP contribution in [0.1, 0.15) is 15.9 Å². The average Bonchev–Trinajstić information content (AvgIpc) is 2.38. The van der Waals surface area contributed by atoms with Gasteiger partial charge < -0.3 is 14.7 Å². The third kappa shape index (κ3) is 2.48. The van der Waals surface area contributed by atoms with Crippen LogP contribution in [0.5, 0.6) is 0 Å². The minimum Gasteiger partial charge on any atom is -0.394 e. The molecule has 1 aromatic carbocycles. The molecule has 92 valence electrons. The first-order valence-corrected chi connectivity index (χ1v) is 5.79. The molecule has 4 nitrogen and oxygen atoms in total. The van der Waals surface area contributed by atoms with Gasteiger partial charge in [0.05, 0.1) is 25.9 Å². The summed E-state index contributed by atoms with van der Waals surface area (Å²) >= 11 is 0. The Morgan fingerprint density at radius 2 is 2.29 bits per heavy atom. The molecule has 1 amide bonds. The number of hydrogen-bond donors (Lipinski definition) is 1. The van der Waals surface area contributed by atoms with Gasteiger partial charge in [-0.1, -0.05) is 18.2 Å². The second-order valence-electron chi connectivity index (χ2n) is 4.22. The summed E-state index contributed by atoms with van der Waals surface area (Å²) in [5, 5.41) is 9.25. The van der Waals surface area contributed by atoms with Crippen LogP contribution in [0.2, 0.25) is 0 Å². The number of rotatable bonds is 2. The molecule has 0 aliphatic carbocycles. The highest BCUT2D eigenvalue weighted by Gasteiger charge is 2.27. The second kappa shape index (κ2) is 5.29. The number of ether oxygens (including phenoxy) is 1. The number of aliphatic hydroxyl groups is 1. The van der Waals surface area contributed by atoms with Crippen LogP contribution < -0.4 is 0 Å². The third-order valence-corrected chi connectivity index (χ3v) is 3.07. The number of benzene rings is 1. The molecule has 1 aliphatic rings. The van der Waals surface area contributed by atoms with Crippen molar-refractivity contribution in [2.75, 3.05) is 26.4 Å². The molecular formula is C13H17NO3. The van der Waals surface area contributed by atoms with E-state index in [4.69, 9.17) is 4.74 Å². The Bertz CT molecular complexity index is 405. The summed E-state index contributed by atoms with van der Waals surface area (Å²) in [7, 11) is 0. The standard InChI is InChI=1S/C13H17NO3/c1-10-4-2-3-5-12(10)13(16)14-6-7-17-9-11(14)8-15/h2-5,11,15H,6-9H2,1H3/t11-/m0/s1. The lowest BCUT2D eigenvalue weighted by atomic mass is 10.1. The first-order chi connectivity index (χ1) is 8.24. The maximum atomic E-state index is 12.3. The molecule has 0 saturated carbocycles. The minimum absolute atomic E-state index is 0.0227. The Labute approximate surface area is 101 Å². The van der Waals surface area contributed by atoms with E-state index in [-0.39, 0.29) is 18.6 Å². The maximum Gasteiger partial charge on any atom is 0.254 e. The number of carbonyl (C=O) groups is 1. The summed E-state index contributed by atoms with van der Waals surface area (Å²) in [6, 6.07) is 7.28. The molecule has 0 unspecified atom stereocenters. The van der Waals surface area contributed by atoms with E-state index in [1.165, 1.54) is 0 Å². The molecule has 1 aliphatic heterocycles. The summed E-state index contributed by atoms with van der Waals surface area (Å²) < 4.78 is 5.27. The van der Waals surface area contributed by atoms with Crippen molar-refractivity contribution in [3.8, 4) is 0 Å². The number of aliphatic hydroxyl groups excluding tert-OH is 1. The van der Waals surface area contributed by atoms with Gasteiger partial charge in [-0.2, -0.15) is 0 Å². The Kier molecular flexibility index (Phi) is 3.76. The van der Waals surface area contributed by atoms with Gasteiger partial charge in [-0.25, -0.2) is 0 Å². The van der Waals surface area contributed by atoms with Gasteiger partial charge in [-0.3, -0.25) is 4.79 Å². The molecular weight excluding hydrogens is 218 g/mol. The first kappa shape index (κ1) is 12.1. The van der Waals surface area contributed by atoms with Crippen LogP contribution in [0, 0.1) is 6.92 Å². The molecule has 4 heteroatoms. The minimum atomic E-state index is -0.226. The summed E-state index contributed by atoms with van der Waals surface area (Å²) in [5.74, 6) is -0.0227. The fourth-order valence-corrected chi connectivity index (χ4v) is 2.04. The highest BCUT2D eigenvalue weighted by Crippen LogP contribution is 2.15. The number of nitrogens with zero attached hydrogens (tertiary/aromatic N) is 1. The normalized spacial score (nSPS) is 20.4. The summed E-state index contributed by atoms with van der Waals surface area (Å²) in [6.07, 6.45) is 0. The zero-order valence-electron chi connectivity index (χ0n) is 9.93. The van der Waals surface area contributed by atoms with Crippen LogP contribution in [0.15, 0.2) is 24.3 Å². The van der Waals surface area contributed by atoms with Crippen molar-refractivity contribution in [2.45, 2.75) is 13.0 Å². The van der Waals surface area contributed by atoms with Crippen molar-refractivity contribution in [3.05, 3.63) is 35.4 Å². The number of carbonyl (C=O) groups excluding carboxylic acids is 1. The zero-order valence-corrected chi connectivity index (χ0v) is 9.93. The summed E-state index contributed by atoms with van der Waals surface area (Å²) in [4.78, 5) is 14.0. The van der Waals surface area contributed by atoms with E-state index in [0.717, 1.165) is 5.56 Å². The van der Waals surface area contributed by atoms with Crippen molar-refractivity contribution < 1.29 is 14.6 Å². The van der Waals surface area contributed by atoms with E-state index in [2.05, 4.69) is 0 Å². The van der Waals surface area contributed by atoms with Crippen LogP contribution in [-0.2, 0) is 4.74 Å². The van der Waals surface area contributed by atoms with Crippen LogP contribution in [0.3, 0.4) is 0 Å². The molecule has 1 saturated heterocycles. The number of amides is 1. The predicted molar refractivity (Wildman–Crippen MR) is 63.9 cm³/mol. The van der Waals surface area contributed by atoms with Crippen molar-refractivity contribution >= 4 is 5.91 Å². The van der Waals surface area contributed by atoms with Crippen LogP contribution in [-0.4, -0.2) is 48.3 Å². The quantitative estimate of drug-likeness (QED) is 0.826. The van der Waals surface area contributed by atoms with Gasteiger partial charge in [-0.15, -0.1) is 0 Å². The topological polar surface area (TPSA) is 49.8 Å². The van der Waals surface area contributed by atoms with E-state index < -0.39 is 0 Å². The zero-order chi connectivity index (χ0) is 12.3. The molecule has 1 aromatic rings. The second-order valence-corrected chi connectivity index (χ2v) is 4.22. The monoisotopic (exact) mass is 235 g/mol. The first-order valence-electron chi connectivity index (χ1n) is 5.79. The molecule has 0 spiro atoms. The van der Waals surface area contributed by atoms with Gasteiger partial charge in [0.1, 0.15) is 0 Å². The molecule has 2 rings (SSSR count). The van der Waals surface area contributed by atoms with E-state index >= 15 is 0 Å². The maximum absolute atomic E-state index is 12.3. The molecule has 0 bridgehead atoms. The SMILES string of the molecule is Cc1ccccc1C(=O)N1CCOC[C@@H]1CO. The van der Waals surface area contributed by atoms with Gasteiger partial charge in [0.25, 0.3) is 5.91 Å². The number of morpholine rings is 1. The Hall–Kier alpha value is -1.39. The van der Waals surface area contributed by atoms with E-state index in [0.29, 0.717) is 25.3 Å². The Balaban J connectivity index is 2.21. The number of aryl methyl sites for hydroxylation is 1. The van der Waals surface area contributed by atoms with Crippen LogP contribution >= 0.6 is 0 Å². The van der Waals surface area contributed by atoms with E-state index in [1.54, 1.807) is 4.90 Å². The van der Waals surface area contributed by atoms with Gasteiger partial charge in [0.15, 0.2) is 0 Å². The smallest absolute Gasteiger partial charge is 0.254 e. The fraction of sp³-hybridized carbons (Fsp3) is 0.462. The molecule has 1 atom stereocenters. The summed E-state index contributed by atoms with van der Waals surface area (Å²) in [5.41, 5.74) is 1.66. The summed E-state index contributed by atoms with van der Waals surface area (Å²) in [6.45, 7) is 3.35. The van der Waals surface area contributed by atoms with Gasteiger partial charge in [-0.05, 0) is 18.6 Å². The van der Waals surface area contributed by atoms with E-state index in [1.807, 2.05) is 31.2 Å². The molecule has 0 radical (unpaired) electrons. The predicted octanol–water partition coefficient (Wildman–Crippen LogP) is 0.828. The molecule has 0 aromatic heterocycles. The molecule has 17 heavy (non-hydrogen) atoms. The lowest BCUT2D eigenvalue weighted by Crippen LogP contribution is -2.50. The molecule has 1 fully saturated rings. The highest BCUT2D eigenvalue weighted by molar-refractivity contribution is 5.95. The average molecular weight is 235 g/mol. The Morgan fingerprint density at radius 1 is 1.53 bits per heavy atom. The fourth-order valence-electron chi connectivity index (χ4n) is 2.04. The van der Waals surface area contributed by atoms with Crippen LogP contribution in [0.4, 0.5) is 0 Å². The van der Waals surface area contributed by atoms with E-state index in [9.17, 15) is 9.90 Å². The van der Waals surface area contributed by atoms with Crippen molar-refractivity contribution in [1.29, 1.82) is 0 Å². The third-order valence-electron chi connectivity index (χ3n) is 3.07. The van der Waals surface area contributed by atoms with Gasteiger partial charge >= 0.3 is 0 Å². The van der Waals surface area contributed by atoms with Crippen LogP contribution in [0.25, 0.3) is 0 Å². The lowest BCUT2D eigenvalue weighted by molar-refractivity contribution is -0.0184. The largest absolute Gasteiger partial charge is 0.394 e.